The van der Waals surface area contributed by atoms with E-state index in [0.29, 0.717) is 0 Å². The van der Waals surface area contributed by atoms with Gasteiger partial charge in [0.1, 0.15) is 17.5 Å². The van der Waals surface area contributed by atoms with Gasteiger partial charge in [-0.05, 0) is 31.5 Å². The number of aryl methyl sites for hydroxylation is 1. The van der Waals surface area contributed by atoms with E-state index >= 15 is 0 Å². The van der Waals surface area contributed by atoms with E-state index < -0.39 is 0 Å². The van der Waals surface area contributed by atoms with Crippen LogP contribution in [-0.4, -0.2) is 17.0 Å². The summed E-state index contributed by atoms with van der Waals surface area (Å²) in [6, 6.07) is 7.99. The Labute approximate surface area is 131 Å². The zero-order valence-electron chi connectivity index (χ0n) is 12.9. The molecule has 5 heteroatoms. The van der Waals surface area contributed by atoms with Gasteiger partial charge in [0.05, 0.1) is 0 Å². The second kappa shape index (κ2) is 6.76. The number of hydrogen-bond donors (Lipinski definition) is 2. The topological polar surface area (TPSA) is 49.8 Å². The lowest BCUT2D eigenvalue weighted by Crippen LogP contribution is -2.12. The molecule has 4 nitrogen and oxygen atoms in total. The molecule has 1 aromatic carbocycles. The van der Waals surface area contributed by atoms with E-state index in [1.165, 1.54) is 5.56 Å². The molecule has 1 aromatic heterocycles. The van der Waals surface area contributed by atoms with Gasteiger partial charge in [0.15, 0.2) is 0 Å². The van der Waals surface area contributed by atoms with Crippen LogP contribution in [0.5, 0.6) is 0 Å². The number of anilines is 2. The highest BCUT2D eigenvalue weighted by atomic mass is 35.5. The van der Waals surface area contributed by atoms with Crippen LogP contribution in [0.3, 0.4) is 0 Å². The van der Waals surface area contributed by atoms with Crippen molar-refractivity contribution in [2.75, 3.05) is 17.7 Å². The minimum absolute atomic E-state index is 0.144. The molecule has 0 aliphatic rings. The maximum Gasteiger partial charge on any atom is 0.135 e. The molecule has 0 spiro atoms. The second-order valence-corrected chi connectivity index (χ2v) is 5.42. The van der Waals surface area contributed by atoms with Crippen molar-refractivity contribution in [1.29, 1.82) is 0 Å². The highest BCUT2D eigenvalue weighted by Crippen LogP contribution is 2.25. The van der Waals surface area contributed by atoms with Crippen molar-refractivity contribution in [3.05, 3.63) is 46.2 Å². The van der Waals surface area contributed by atoms with Gasteiger partial charge in [-0.25, -0.2) is 9.97 Å². The fourth-order valence-corrected chi connectivity index (χ4v) is 2.27. The third kappa shape index (κ3) is 3.64. The Balaban J connectivity index is 2.27. The Morgan fingerprint density at radius 1 is 1.14 bits per heavy atom. The summed E-state index contributed by atoms with van der Waals surface area (Å²) in [6.45, 7) is 6.17. The maximum atomic E-state index is 5.93. The van der Waals surface area contributed by atoms with Crippen molar-refractivity contribution in [1.82, 2.24) is 9.97 Å². The number of nitrogens with one attached hydrogen (secondary N) is 2. The Hall–Kier alpha value is -1.81. The van der Waals surface area contributed by atoms with Gasteiger partial charge < -0.3 is 10.6 Å². The summed E-state index contributed by atoms with van der Waals surface area (Å²) in [7, 11) is 1.88. The molecule has 2 N–H and O–H groups in total. The summed E-state index contributed by atoms with van der Waals surface area (Å²) in [5.41, 5.74) is 2.19. The van der Waals surface area contributed by atoms with E-state index in [0.717, 1.165) is 34.5 Å². The first-order valence-corrected chi connectivity index (χ1v) is 7.50. The molecule has 2 rings (SSSR count). The number of hydrogen-bond acceptors (Lipinski definition) is 4. The van der Waals surface area contributed by atoms with Gasteiger partial charge in [0, 0.05) is 30.1 Å². The van der Waals surface area contributed by atoms with Crippen LogP contribution in [0.2, 0.25) is 5.02 Å². The largest absolute Gasteiger partial charge is 0.373 e. The smallest absolute Gasteiger partial charge is 0.135 e. The highest BCUT2D eigenvalue weighted by molar-refractivity contribution is 6.30. The monoisotopic (exact) mass is 304 g/mol. The molecule has 112 valence electrons. The molecule has 0 radical (unpaired) electrons. The molecular weight excluding hydrogens is 284 g/mol. The number of benzene rings is 1. The van der Waals surface area contributed by atoms with E-state index in [2.05, 4.69) is 34.4 Å². The number of halogens is 1. The van der Waals surface area contributed by atoms with Crippen molar-refractivity contribution in [2.24, 2.45) is 0 Å². The molecule has 1 unspecified atom stereocenters. The Morgan fingerprint density at radius 2 is 1.76 bits per heavy atom. The Bertz CT molecular complexity index is 610. The van der Waals surface area contributed by atoms with Crippen molar-refractivity contribution in [3.63, 3.8) is 0 Å². The first-order chi connectivity index (χ1) is 10.0. The molecule has 0 aliphatic carbocycles. The van der Waals surface area contributed by atoms with Crippen molar-refractivity contribution in [3.8, 4) is 0 Å². The summed E-state index contributed by atoms with van der Waals surface area (Å²) in [4.78, 5) is 9.08. The molecule has 0 aliphatic heterocycles. The molecular formula is C16H21ClN4. The van der Waals surface area contributed by atoms with Gasteiger partial charge in [0.25, 0.3) is 0 Å². The first kappa shape index (κ1) is 15.6. The van der Waals surface area contributed by atoms with E-state index in [1.54, 1.807) is 0 Å². The number of aromatic nitrogens is 2. The lowest BCUT2D eigenvalue weighted by molar-refractivity contribution is 0.852. The van der Waals surface area contributed by atoms with Gasteiger partial charge in [-0.2, -0.15) is 0 Å². The maximum absolute atomic E-state index is 5.93. The fraction of sp³-hybridized carbons (Fsp3) is 0.375. The number of nitrogens with zero attached hydrogens (tertiary/aromatic N) is 2. The van der Waals surface area contributed by atoms with Crippen LogP contribution < -0.4 is 10.6 Å². The summed E-state index contributed by atoms with van der Waals surface area (Å²) in [5.74, 6) is 2.57. The molecule has 0 saturated carbocycles. The Kier molecular flexibility index (Phi) is 5.02. The van der Waals surface area contributed by atoms with Crippen LogP contribution in [0.4, 0.5) is 11.6 Å². The molecule has 0 bridgehead atoms. The van der Waals surface area contributed by atoms with Crippen LogP contribution in [0.15, 0.2) is 24.3 Å². The summed E-state index contributed by atoms with van der Waals surface area (Å²) < 4.78 is 0. The van der Waals surface area contributed by atoms with Gasteiger partial charge in [-0.3, -0.25) is 0 Å². The predicted molar refractivity (Wildman–Crippen MR) is 89.2 cm³/mol. The molecule has 0 saturated heterocycles. The predicted octanol–water partition coefficient (Wildman–Crippen LogP) is 4.22. The number of rotatable bonds is 5. The van der Waals surface area contributed by atoms with E-state index in [1.807, 2.05) is 38.2 Å². The average Bonchev–Trinajstić information content (AvgIpc) is 2.49. The minimum atomic E-state index is 0.144. The fourth-order valence-electron chi connectivity index (χ4n) is 2.14. The molecule has 0 amide bonds. The van der Waals surface area contributed by atoms with Crippen molar-refractivity contribution < 1.29 is 0 Å². The van der Waals surface area contributed by atoms with Gasteiger partial charge >= 0.3 is 0 Å². The summed E-state index contributed by atoms with van der Waals surface area (Å²) in [6.07, 6.45) is 0.805. The molecule has 21 heavy (non-hydrogen) atoms. The van der Waals surface area contributed by atoms with Gasteiger partial charge in [-0.1, -0.05) is 30.7 Å². The van der Waals surface area contributed by atoms with Crippen LogP contribution in [-0.2, 0) is 6.42 Å². The van der Waals surface area contributed by atoms with Gasteiger partial charge in [-0.15, -0.1) is 0 Å². The lowest BCUT2D eigenvalue weighted by Gasteiger charge is -2.18. The quantitative estimate of drug-likeness (QED) is 0.868. The lowest BCUT2D eigenvalue weighted by atomic mass is 10.1. The molecule has 2 aromatic rings. The van der Waals surface area contributed by atoms with E-state index in [-0.39, 0.29) is 6.04 Å². The van der Waals surface area contributed by atoms with Crippen LogP contribution in [0, 0.1) is 6.92 Å². The van der Waals surface area contributed by atoms with Crippen molar-refractivity contribution in [2.45, 2.75) is 33.2 Å². The van der Waals surface area contributed by atoms with E-state index in [4.69, 9.17) is 11.6 Å². The van der Waals surface area contributed by atoms with Gasteiger partial charge in [0.2, 0.25) is 0 Å². The zero-order chi connectivity index (χ0) is 15.4. The Morgan fingerprint density at radius 3 is 2.33 bits per heavy atom. The summed E-state index contributed by atoms with van der Waals surface area (Å²) >= 11 is 5.93. The molecule has 1 atom stereocenters. The van der Waals surface area contributed by atoms with E-state index in [9.17, 15) is 0 Å². The standard InChI is InChI=1S/C16H21ClN4/c1-5-14-20-15(18-4)10(2)16(21-14)19-11(3)12-6-8-13(17)9-7-12/h6-9,11H,5H2,1-4H3,(H2,18,19,20,21). The zero-order valence-corrected chi connectivity index (χ0v) is 13.6. The van der Waals surface area contributed by atoms with Crippen molar-refractivity contribution >= 4 is 23.2 Å². The van der Waals surface area contributed by atoms with Crippen LogP contribution in [0.25, 0.3) is 0 Å². The highest BCUT2D eigenvalue weighted by Gasteiger charge is 2.12. The molecule has 1 heterocycles. The SMILES string of the molecule is CCc1nc(NC)c(C)c(NC(C)c2ccc(Cl)cc2)n1. The molecule has 0 fully saturated rings. The average molecular weight is 305 g/mol. The second-order valence-electron chi connectivity index (χ2n) is 4.98. The normalized spacial score (nSPS) is 12.0. The summed E-state index contributed by atoms with van der Waals surface area (Å²) in [5, 5.41) is 7.33. The third-order valence-corrected chi connectivity index (χ3v) is 3.72. The minimum Gasteiger partial charge on any atom is -0.373 e. The van der Waals surface area contributed by atoms with Crippen LogP contribution in [0.1, 0.15) is 36.8 Å². The third-order valence-electron chi connectivity index (χ3n) is 3.47. The first-order valence-electron chi connectivity index (χ1n) is 7.12. The van der Waals surface area contributed by atoms with Crippen LogP contribution >= 0.6 is 11.6 Å².